The first-order valence-electron chi connectivity index (χ1n) is 3.77. The quantitative estimate of drug-likeness (QED) is 0.701. The van der Waals surface area contributed by atoms with E-state index in [1.807, 2.05) is 0 Å². The highest BCUT2D eigenvalue weighted by Crippen LogP contribution is 2.24. The van der Waals surface area contributed by atoms with E-state index >= 15 is 0 Å². The minimum Gasteiger partial charge on any atom is -0.369 e. The van der Waals surface area contributed by atoms with Crippen molar-refractivity contribution in [2.24, 2.45) is 0 Å². The average molecular weight is 245 g/mol. The number of hydrogen-bond donors (Lipinski definition) is 0. The topological polar surface area (TPSA) is 26.3 Å². The molecule has 0 aromatic heterocycles. The summed E-state index contributed by atoms with van der Waals surface area (Å²) in [7, 11) is 0. The van der Waals surface area contributed by atoms with Crippen LogP contribution in [0.25, 0.3) is 0 Å². The van der Waals surface area contributed by atoms with Crippen LogP contribution in [0.1, 0.15) is 15.9 Å². The van der Waals surface area contributed by atoms with Crippen LogP contribution in [0.2, 0.25) is 0 Å². The van der Waals surface area contributed by atoms with Crippen LogP contribution in [0.5, 0.6) is 0 Å². The summed E-state index contributed by atoms with van der Waals surface area (Å²) < 4.78 is 18.9. The highest BCUT2D eigenvalue weighted by molar-refractivity contribution is 9.10. The van der Waals surface area contributed by atoms with Gasteiger partial charge >= 0.3 is 0 Å². The SMILES string of the molecule is O=C1COCc2cc(Br)cc(F)c21. The molecule has 68 valence electrons. The molecule has 2 rings (SSSR count). The molecule has 1 aliphatic heterocycles. The molecule has 2 nitrogen and oxygen atoms in total. The van der Waals surface area contributed by atoms with E-state index in [0.717, 1.165) is 0 Å². The average Bonchev–Trinajstić information content (AvgIpc) is 2.02. The Morgan fingerprint density at radius 1 is 1.38 bits per heavy atom. The monoisotopic (exact) mass is 244 g/mol. The molecule has 0 N–H and O–H groups in total. The van der Waals surface area contributed by atoms with E-state index in [0.29, 0.717) is 16.6 Å². The Balaban J connectivity index is 2.63. The summed E-state index contributed by atoms with van der Waals surface area (Å²) in [5.74, 6) is -0.760. The maximum absolute atomic E-state index is 13.3. The molecule has 0 spiro atoms. The summed E-state index contributed by atoms with van der Waals surface area (Å²) in [5, 5.41) is 0. The molecule has 0 bridgehead atoms. The van der Waals surface area contributed by atoms with E-state index in [9.17, 15) is 9.18 Å². The van der Waals surface area contributed by atoms with Gasteiger partial charge in [0.05, 0.1) is 12.2 Å². The molecule has 1 aromatic carbocycles. The Kier molecular flexibility index (Phi) is 2.17. The Hall–Kier alpha value is -0.740. The Bertz CT molecular complexity index is 376. The lowest BCUT2D eigenvalue weighted by Gasteiger charge is -2.15. The smallest absolute Gasteiger partial charge is 0.191 e. The molecule has 1 heterocycles. The number of ether oxygens (including phenoxy) is 1. The first kappa shape index (κ1) is 8.84. The van der Waals surface area contributed by atoms with E-state index < -0.39 is 5.82 Å². The summed E-state index contributed by atoms with van der Waals surface area (Å²) >= 11 is 3.15. The molecular weight excluding hydrogens is 239 g/mol. The van der Waals surface area contributed by atoms with Gasteiger partial charge in [0.2, 0.25) is 0 Å². The van der Waals surface area contributed by atoms with Gasteiger partial charge in [-0.15, -0.1) is 0 Å². The van der Waals surface area contributed by atoms with Crippen LogP contribution in [0, 0.1) is 5.82 Å². The van der Waals surface area contributed by atoms with Crippen molar-refractivity contribution in [2.45, 2.75) is 6.61 Å². The van der Waals surface area contributed by atoms with Gasteiger partial charge in [-0.2, -0.15) is 0 Å². The van der Waals surface area contributed by atoms with Gasteiger partial charge in [0, 0.05) is 4.47 Å². The number of ketones is 1. The number of Topliss-reactive ketones (excluding diaryl/α,β-unsaturated/α-hetero) is 1. The van der Waals surface area contributed by atoms with Crippen molar-refractivity contribution in [2.75, 3.05) is 6.61 Å². The van der Waals surface area contributed by atoms with Gasteiger partial charge in [-0.05, 0) is 17.7 Å². The molecular formula is C9H6BrFO2. The van der Waals surface area contributed by atoms with Crippen molar-refractivity contribution in [1.29, 1.82) is 0 Å². The number of benzene rings is 1. The van der Waals surface area contributed by atoms with Gasteiger partial charge in [0.1, 0.15) is 12.4 Å². The fourth-order valence-corrected chi connectivity index (χ4v) is 1.86. The second-order valence-corrected chi connectivity index (χ2v) is 3.75. The van der Waals surface area contributed by atoms with Crippen LogP contribution >= 0.6 is 15.9 Å². The van der Waals surface area contributed by atoms with Crippen LogP contribution in [0.4, 0.5) is 4.39 Å². The minimum atomic E-state index is -0.474. The third-order valence-corrected chi connectivity index (χ3v) is 2.36. The standard InChI is InChI=1S/C9H6BrFO2/c10-6-1-5-3-13-4-8(12)9(5)7(11)2-6/h1-2H,3-4H2. The zero-order valence-corrected chi connectivity index (χ0v) is 8.23. The lowest BCUT2D eigenvalue weighted by atomic mass is 10.0. The summed E-state index contributed by atoms with van der Waals surface area (Å²) in [6.07, 6.45) is 0. The molecule has 0 unspecified atom stereocenters. The van der Waals surface area contributed by atoms with E-state index in [4.69, 9.17) is 4.74 Å². The Labute approximate surface area is 82.8 Å². The molecule has 0 aliphatic carbocycles. The summed E-state index contributed by atoms with van der Waals surface area (Å²) in [6, 6.07) is 3.00. The maximum Gasteiger partial charge on any atom is 0.191 e. The molecule has 13 heavy (non-hydrogen) atoms. The van der Waals surface area contributed by atoms with Crippen molar-refractivity contribution in [3.63, 3.8) is 0 Å². The highest BCUT2D eigenvalue weighted by atomic mass is 79.9. The van der Waals surface area contributed by atoms with E-state index in [2.05, 4.69) is 15.9 Å². The first-order valence-corrected chi connectivity index (χ1v) is 4.56. The molecule has 0 radical (unpaired) electrons. The number of halogens is 2. The third-order valence-electron chi connectivity index (χ3n) is 1.91. The van der Waals surface area contributed by atoms with Gasteiger partial charge in [0.25, 0.3) is 0 Å². The van der Waals surface area contributed by atoms with Crippen molar-refractivity contribution >= 4 is 21.7 Å². The number of hydrogen-bond acceptors (Lipinski definition) is 2. The molecule has 0 fully saturated rings. The number of fused-ring (bicyclic) bond motifs is 1. The zero-order valence-electron chi connectivity index (χ0n) is 6.64. The van der Waals surface area contributed by atoms with Gasteiger partial charge in [-0.1, -0.05) is 15.9 Å². The molecule has 0 saturated heterocycles. The van der Waals surface area contributed by atoms with Crippen LogP contribution in [-0.2, 0) is 11.3 Å². The zero-order chi connectivity index (χ0) is 9.42. The second-order valence-electron chi connectivity index (χ2n) is 2.84. The van der Waals surface area contributed by atoms with Crippen molar-refractivity contribution < 1.29 is 13.9 Å². The summed E-state index contributed by atoms with van der Waals surface area (Å²) in [4.78, 5) is 11.2. The second kappa shape index (κ2) is 3.20. The maximum atomic E-state index is 13.3. The van der Waals surface area contributed by atoms with E-state index in [-0.39, 0.29) is 18.0 Å². The molecule has 1 aromatic rings. The minimum absolute atomic E-state index is 0.0223. The van der Waals surface area contributed by atoms with Crippen LogP contribution in [0.3, 0.4) is 0 Å². The Morgan fingerprint density at radius 3 is 2.92 bits per heavy atom. The fourth-order valence-electron chi connectivity index (χ4n) is 1.38. The van der Waals surface area contributed by atoms with Gasteiger partial charge < -0.3 is 4.74 Å². The van der Waals surface area contributed by atoms with Crippen LogP contribution < -0.4 is 0 Å². The lowest BCUT2D eigenvalue weighted by molar-refractivity contribution is 0.0658. The summed E-state index contributed by atoms with van der Waals surface area (Å²) in [6.45, 7) is 0.281. The fraction of sp³-hybridized carbons (Fsp3) is 0.222. The van der Waals surface area contributed by atoms with Crippen molar-refractivity contribution in [3.8, 4) is 0 Å². The predicted octanol–water partition coefficient (Wildman–Crippen LogP) is 2.30. The van der Waals surface area contributed by atoms with Crippen molar-refractivity contribution in [1.82, 2.24) is 0 Å². The Morgan fingerprint density at radius 2 is 2.15 bits per heavy atom. The van der Waals surface area contributed by atoms with Gasteiger partial charge in [-0.3, -0.25) is 4.79 Å². The summed E-state index contributed by atoms with van der Waals surface area (Å²) in [5.41, 5.74) is 0.789. The van der Waals surface area contributed by atoms with Crippen molar-refractivity contribution in [3.05, 3.63) is 33.5 Å². The number of carbonyl (C=O) groups is 1. The van der Waals surface area contributed by atoms with Crippen LogP contribution in [-0.4, -0.2) is 12.4 Å². The van der Waals surface area contributed by atoms with E-state index in [1.165, 1.54) is 6.07 Å². The first-order chi connectivity index (χ1) is 6.18. The predicted molar refractivity (Wildman–Crippen MR) is 48.1 cm³/mol. The number of carbonyl (C=O) groups excluding carboxylic acids is 1. The molecule has 0 atom stereocenters. The van der Waals surface area contributed by atoms with E-state index in [1.54, 1.807) is 6.07 Å². The molecule has 4 heteroatoms. The third kappa shape index (κ3) is 1.51. The van der Waals surface area contributed by atoms with Gasteiger partial charge in [0.15, 0.2) is 5.78 Å². The number of rotatable bonds is 0. The largest absolute Gasteiger partial charge is 0.369 e. The molecule has 0 amide bonds. The lowest BCUT2D eigenvalue weighted by Crippen LogP contribution is -2.19. The van der Waals surface area contributed by atoms with Crippen LogP contribution in [0.15, 0.2) is 16.6 Å². The molecule has 0 saturated carbocycles. The molecule has 1 aliphatic rings. The normalized spacial score (nSPS) is 15.7. The highest BCUT2D eigenvalue weighted by Gasteiger charge is 2.21. The van der Waals surface area contributed by atoms with Gasteiger partial charge in [-0.25, -0.2) is 4.39 Å².